The van der Waals surface area contributed by atoms with Crippen molar-refractivity contribution < 1.29 is 9.90 Å². The summed E-state index contributed by atoms with van der Waals surface area (Å²) < 4.78 is 0. The number of likely N-dealkylation sites (N-methyl/N-ethyl adjacent to an activating group) is 1. The number of carboxylic acids is 1. The van der Waals surface area contributed by atoms with Gasteiger partial charge in [0, 0.05) is 13.6 Å². The third kappa shape index (κ3) is 1.02. The van der Waals surface area contributed by atoms with Gasteiger partial charge in [-0.2, -0.15) is 0 Å². The lowest BCUT2D eigenvalue weighted by molar-refractivity contribution is -0.134. The Hall–Kier alpha value is -1.03. The summed E-state index contributed by atoms with van der Waals surface area (Å²) in [6.07, 6.45) is 1.63. The Morgan fingerprint density at radius 3 is 2.89 bits per heavy atom. The Bertz CT molecular complexity index is 164. The van der Waals surface area contributed by atoms with Gasteiger partial charge in [0.25, 0.3) is 0 Å². The van der Waals surface area contributed by atoms with Crippen LogP contribution in [0.5, 0.6) is 0 Å². The highest BCUT2D eigenvalue weighted by Crippen LogP contribution is 2.02. The molecule has 2 N–H and O–H groups in total. The minimum Gasteiger partial charge on any atom is -0.477 e. The number of rotatable bonds is 1. The first-order valence-electron chi connectivity index (χ1n) is 2.62. The molecule has 0 bridgehead atoms. The molecule has 0 aliphatic carbocycles. The average molecular weight is 128 g/mol. The summed E-state index contributed by atoms with van der Waals surface area (Å²) in [7, 11) is 1.67. The van der Waals surface area contributed by atoms with Gasteiger partial charge in [-0.3, -0.25) is 0 Å². The van der Waals surface area contributed by atoms with Gasteiger partial charge in [0.2, 0.25) is 0 Å². The quantitative estimate of drug-likeness (QED) is 0.495. The molecule has 0 radical (unpaired) electrons. The fourth-order valence-electron chi connectivity index (χ4n) is 0.732. The highest BCUT2D eigenvalue weighted by Gasteiger charge is 2.15. The molecule has 0 unspecified atom stereocenters. The van der Waals surface area contributed by atoms with Crippen molar-refractivity contribution in [3.63, 3.8) is 0 Å². The van der Waals surface area contributed by atoms with Crippen LogP contribution in [0.25, 0.3) is 0 Å². The molecule has 1 aliphatic heterocycles. The van der Waals surface area contributed by atoms with Crippen molar-refractivity contribution >= 4 is 5.97 Å². The molecule has 0 saturated carbocycles. The van der Waals surface area contributed by atoms with Crippen LogP contribution in [0.2, 0.25) is 0 Å². The molecule has 0 aromatic carbocycles. The fourth-order valence-corrected chi connectivity index (χ4v) is 0.732. The van der Waals surface area contributed by atoms with Crippen molar-refractivity contribution in [2.45, 2.75) is 0 Å². The second-order valence-electron chi connectivity index (χ2n) is 1.82. The van der Waals surface area contributed by atoms with Crippen molar-refractivity contribution in [3.05, 3.63) is 11.8 Å². The second-order valence-corrected chi connectivity index (χ2v) is 1.82. The van der Waals surface area contributed by atoms with E-state index in [0.29, 0.717) is 12.2 Å². The topological polar surface area (TPSA) is 52.6 Å². The lowest BCUT2D eigenvalue weighted by Crippen LogP contribution is -2.30. The minimum atomic E-state index is -0.887. The van der Waals surface area contributed by atoms with Crippen LogP contribution in [0.15, 0.2) is 11.8 Å². The smallest absolute Gasteiger partial charge is 0.353 e. The minimum absolute atomic E-state index is 0.315. The Morgan fingerprint density at radius 1 is 2.00 bits per heavy atom. The van der Waals surface area contributed by atoms with E-state index in [4.69, 9.17) is 5.11 Å². The number of aliphatic carboxylic acids is 1. The largest absolute Gasteiger partial charge is 0.477 e. The first-order chi connectivity index (χ1) is 4.22. The zero-order valence-electron chi connectivity index (χ0n) is 5.09. The molecule has 0 aromatic heterocycles. The van der Waals surface area contributed by atoms with E-state index in [-0.39, 0.29) is 0 Å². The van der Waals surface area contributed by atoms with E-state index < -0.39 is 5.97 Å². The van der Waals surface area contributed by atoms with Crippen LogP contribution in [0.1, 0.15) is 0 Å². The van der Waals surface area contributed by atoms with E-state index >= 15 is 0 Å². The third-order valence-electron chi connectivity index (χ3n) is 1.20. The fraction of sp³-hybridized carbons (Fsp3) is 0.400. The molecule has 0 spiro atoms. The van der Waals surface area contributed by atoms with Crippen LogP contribution in [0.3, 0.4) is 0 Å². The Balaban J connectivity index is 2.68. The van der Waals surface area contributed by atoms with E-state index in [2.05, 4.69) is 5.43 Å². The van der Waals surface area contributed by atoms with Crippen molar-refractivity contribution in [2.24, 2.45) is 0 Å². The van der Waals surface area contributed by atoms with Gasteiger partial charge < -0.3 is 10.1 Å². The molecule has 0 atom stereocenters. The Morgan fingerprint density at radius 2 is 2.67 bits per heavy atom. The van der Waals surface area contributed by atoms with Gasteiger partial charge in [-0.05, 0) is 6.08 Å². The Labute approximate surface area is 52.7 Å². The number of hydrogen-bond acceptors (Lipinski definition) is 3. The van der Waals surface area contributed by atoms with E-state index in [0.717, 1.165) is 0 Å². The van der Waals surface area contributed by atoms with Crippen LogP contribution in [-0.4, -0.2) is 29.7 Å². The predicted molar refractivity (Wildman–Crippen MR) is 31.5 cm³/mol. The monoisotopic (exact) mass is 128 g/mol. The molecule has 1 heterocycles. The highest BCUT2D eigenvalue weighted by atomic mass is 16.4. The lowest BCUT2D eigenvalue weighted by atomic mass is 10.4. The molecule has 0 aromatic rings. The van der Waals surface area contributed by atoms with Gasteiger partial charge in [0.05, 0.1) is 0 Å². The van der Waals surface area contributed by atoms with E-state index in [9.17, 15) is 4.79 Å². The van der Waals surface area contributed by atoms with Crippen molar-refractivity contribution in [3.8, 4) is 0 Å². The summed E-state index contributed by atoms with van der Waals surface area (Å²) in [5, 5.41) is 9.92. The summed E-state index contributed by atoms with van der Waals surface area (Å²) in [5.41, 5.74) is 3.13. The number of carboxylic acid groups (broad SMARTS) is 1. The zero-order valence-corrected chi connectivity index (χ0v) is 5.09. The number of hydrazine groups is 1. The van der Waals surface area contributed by atoms with Crippen LogP contribution in [0.4, 0.5) is 0 Å². The van der Waals surface area contributed by atoms with E-state index in [1.54, 1.807) is 13.1 Å². The summed E-state index contributed by atoms with van der Waals surface area (Å²) in [6.45, 7) is 0.609. The normalized spacial score (nSPS) is 17.9. The number of nitrogens with one attached hydrogen (secondary N) is 1. The predicted octanol–water partition coefficient (Wildman–Crippen LogP) is -0.595. The van der Waals surface area contributed by atoms with Crippen molar-refractivity contribution in [2.75, 3.05) is 13.6 Å². The van der Waals surface area contributed by atoms with Gasteiger partial charge >= 0.3 is 5.97 Å². The maximum Gasteiger partial charge on any atom is 0.353 e. The zero-order chi connectivity index (χ0) is 6.85. The molecule has 1 aliphatic rings. The van der Waals surface area contributed by atoms with E-state index in [1.807, 2.05) is 0 Å². The van der Waals surface area contributed by atoms with Gasteiger partial charge in [0.1, 0.15) is 5.70 Å². The number of carbonyl (C=O) groups is 1. The molecule has 4 nitrogen and oxygen atoms in total. The molecule has 50 valence electrons. The molecule has 0 amide bonds. The van der Waals surface area contributed by atoms with Crippen LogP contribution in [0, 0.1) is 0 Å². The number of hydrogen-bond donors (Lipinski definition) is 2. The van der Waals surface area contributed by atoms with Gasteiger partial charge in [-0.1, -0.05) is 0 Å². The SMILES string of the molecule is CN1NCC=C1C(=O)O. The first kappa shape index (κ1) is 6.10. The number of nitrogens with zero attached hydrogens (tertiary/aromatic N) is 1. The molecule has 0 saturated heterocycles. The summed E-state index contributed by atoms with van der Waals surface area (Å²) in [5.74, 6) is -0.887. The maximum absolute atomic E-state index is 10.3. The lowest BCUT2D eigenvalue weighted by Gasteiger charge is -2.11. The third-order valence-corrected chi connectivity index (χ3v) is 1.20. The summed E-state index contributed by atoms with van der Waals surface area (Å²) >= 11 is 0. The van der Waals surface area contributed by atoms with Gasteiger partial charge in [0.15, 0.2) is 0 Å². The van der Waals surface area contributed by atoms with Crippen LogP contribution in [-0.2, 0) is 4.79 Å². The molecule has 1 rings (SSSR count). The Kier molecular flexibility index (Phi) is 1.40. The van der Waals surface area contributed by atoms with Gasteiger partial charge in [-0.25, -0.2) is 10.2 Å². The van der Waals surface area contributed by atoms with E-state index in [1.165, 1.54) is 5.01 Å². The van der Waals surface area contributed by atoms with Gasteiger partial charge in [-0.15, -0.1) is 0 Å². The summed E-state index contributed by atoms with van der Waals surface area (Å²) in [4.78, 5) is 10.3. The summed E-state index contributed by atoms with van der Waals surface area (Å²) in [6, 6.07) is 0. The molecule has 4 heteroatoms. The molecular formula is C5H8N2O2. The average Bonchev–Trinajstić information content (AvgIpc) is 2.13. The second kappa shape index (κ2) is 2.06. The maximum atomic E-state index is 10.3. The highest BCUT2D eigenvalue weighted by molar-refractivity contribution is 5.86. The standard InChI is InChI=1S/C5H8N2O2/c1-7-4(5(8)9)2-3-6-7/h2,6H,3H2,1H3,(H,8,9). The molecular weight excluding hydrogens is 120 g/mol. The molecule has 9 heavy (non-hydrogen) atoms. The van der Waals surface area contributed by atoms with Crippen LogP contribution < -0.4 is 5.43 Å². The van der Waals surface area contributed by atoms with Crippen LogP contribution >= 0.6 is 0 Å². The molecule has 0 fully saturated rings. The first-order valence-corrected chi connectivity index (χ1v) is 2.62. The van der Waals surface area contributed by atoms with Crippen molar-refractivity contribution in [1.29, 1.82) is 0 Å². The van der Waals surface area contributed by atoms with Crippen molar-refractivity contribution in [1.82, 2.24) is 10.4 Å².